The number of nitrogens with zero attached hydrogens (tertiary/aromatic N) is 6. The van der Waals surface area contributed by atoms with Crippen LogP contribution in [0.3, 0.4) is 0 Å². The molecule has 1 aromatic carbocycles. The van der Waals surface area contributed by atoms with Crippen LogP contribution in [-0.4, -0.2) is 70.7 Å². The summed E-state index contributed by atoms with van der Waals surface area (Å²) in [6, 6.07) is 16.0. The van der Waals surface area contributed by atoms with E-state index in [0.29, 0.717) is 12.1 Å². The number of para-hydroxylation sites is 1. The van der Waals surface area contributed by atoms with Crippen LogP contribution in [0.2, 0.25) is 0 Å². The van der Waals surface area contributed by atoms with E-state index < -0.39 is 0 Å². The summed E-state index contributed by atoms with van der Waals surface area (Å²) in [6.07, 6.45) is 4.48. The molecule has 1 saturated heterocycles. The summed E-state index contributed by atoms with van der Waals surface area (Å²) >= 11 is 0. The van der Waals surface area contributed by atoms with Gasteiger partial charge in [0, 0.05) is 59.2 Å². The number of amides is 1. The average molecular weight is 405 g/mol. The highest BCUT2D eigenvalue weighted by molar-refractivity contribution is 5.94. The minimum Gasteiger partial charge on any atom is -0.363 e. The first-order valence-corrected chi connectivity index (χ1v) is 10.3. The number of hydrogen-bond donors (Lipinski definition) is 0. The first-order chi connectivity index (χ1) is 14.6. The zero-order chi connectivity index (χ0) is 20.9. The largest absolute Gasteiger partial charge is 0.363 e. The van der Waals surface area contributed by atoms with Crippen molar-refractivity contribution in [2.75, 3.05) is 45.2 Å². The van der Waals surface area contributed by atoms with E-state index in [9.17, 15) is 4.79 Å². The SMILES string of the molecule is CN(C)c1ccc(C(=O)N2CCCN(Cc3ccnn3-c3ccccc3)CC2)cn1. The standard InChI is InChI=1S/C23H28N6O/c1-26(2)22-10-9-19(17-24-22)23(30)28-14-6-13-27(15-16-28)18-21-11-12-25-29(21)20-7-4-3-5-8-20/h3-5,7-12,17H,6,13-16,18H2,1-2H3. The maximum Gasteiger partial charge on any atom is 0.255 e. The average Bonchev–Trinajstić information content (AvgIpc) is 3.11. The number of hydrogen-bond acceptors (Lipinski definition) is 5. The van der Waals surface area contributed by atoms with Gasteiger partial charge in [-0.2, -0.15) is 5.10 Å². The van der Waals surface area contributed by atoms with E-state index in [0.717, 1.165) is 49.8 Å². The van der Waals surface area contributed by atoms with Crippen molar-refractivity contribution in [3.63, 3.8) is 0 Å². The Labute approximate surface area is 177 Å². The lowest BCUT2D eigenvalue weighted by atomic mass is 10.2. The van der Waals surface area contributed by atoms with Gasteiger partial charge in [0.25, 0.3) is 5.91 Å². The Morgan fingerprint density at radius 1 is 1.00 bits per heavy atom. The number of anilines is 1. The number of rotatable bonds is 5. The molecule has 7 nitrogen and oxygen atoms in total. The maximum atomic E-state index is 12.9. The summed E-state index contributed by atoms with van der Waals surface area (Å²) < 4.78 is 1.99. The Balaban J connectivity index is 1.39. The molecule has 1 fully saturated rings. The molecule has 0 N–H and O–H groups in total. The van der Waals surface area contributed by atoms with Crippen LogP contribution < -0.4 is 4.90 Å². The summed E-state index contributed by atoms with van der Waals surface area (Å²) in [6.45, 7) is 4.10. The van der Waals surface area contributed by atoms with E-state index in [1.807, 2.05) is 65.1 Å². The molecule has 3 heterocycles. The van der Waals surface area contributed by atoms with Gasteiger partial charge in [-0.25, -0.2) is 9.67 Å². The minimum absolute atomic E-state index is 0.0592. The minimum atomic E-state index is 0.0592. The molecular weight excluding hydrogens is 376 g/mol. The highest BCUT2D eigenvalue weighted by Gasteiger charge is 2.21. The zero-order valence-electron chi connectivity index (χ0n) is 17.6. The fourth-order valence-corrected chi connectivity index (χ4v) is 3.77. The monoisotopic (exact) mass is 404 g/mol. The normalized spacial score (nSPS) is 15.1. The predicted molar refractivity (Wildman–Crippen MR) is 118 cm³/mol. The van der Waals surface area contributed by atoms with Crippen LogP contribution in [0.5, 0.6) is 0 Å². The molecule has 0 unspecified atom stereocenters. The van der Waals surface area contributed by atoms with Gasteiger partial charge in [-0.05, 0) is 36.8 Å². The van der Waals surface area contributed by atoms with Crippen LogP contribution in [0.25, 0.3) is 5.69 Å². The van der Waals surface area contributed by atoms with E-state index in [2.05, 4.69) is 33.2 Å². The third kappa shape index (κ3) is 4.52. The van der Waals surface area contributed by atoms with Crippen LogP contribution in [0.1, 0.15) is 22.5 Å². The first-order valence-electron chi connectivity index (χ1n) is 10.3. The Morgan fingerprint density at radius 3 is 2.57 bits per heavy atom. The molecule has 0 radical (unpaired) electrons. The quantitative estimate of drug-likeness (QED) is 0.654. The summed E-state index contributed by atoms with van der Waals surface area (Å²) in [7, 11) is 3.88. The van der Waals surface area contributed by atoms with Crippen molar-refractivity contribution >= 4 is 11.7 Å². The molecule has 0 spiro atoms. The zero-order valence-corrected chi connectivity index (χ0v) is 17.6. The topological polar surface area (TPSA) is 57.5 Å². The third-order valence-electron chi connectivity index (χ3n) is 5.44. The van der Waals surface area contributed by atoms with Gasteiger partial charge >= 0.3 is 0 Å². The van der Waals surface area contributed by atoms with E-state index >= 15 is 0 Å². The van der Waals surface area contributed by atoms with Crippen LogP contribution in [-0.2, 0) is 6.54 Å². The van der Waals surface area contributed by atoms with Gasteiger partial charge in [0.1, 0.15) is 5.82 Å². The molecule has 0 aliphatic carbocycles. The van der Waals surface area contributed by atoms with E-state index in [1.54, 1.807) is 6.20 Å². The third-order valence-corrected chi connectivity index (χ3v) is 5.44. The highest BCUT2D eigenvalue weighted by Crippen LogP contribution is 2.15. The molecule has 0 saturated carbocycles. The molecule has 1 aliphatic rings. The van der Waals surface area contributed by atoms with Crippen molar-refractivity contribution in [2.24, 2.45) is 0 Å². The number of carbonyl (C=O) groups excluding carboxylic acids is 1. The Bertz CT molecular complexity index is 967. The molecule has 4 rings (SSSR count). The van der Waals surface area contributed by atoms with Crippen molar-refractivity contribution < 1.29 is 4.79 Å². The highest BCUT2D eigenvalue weighted by atomic mass is 16.2. The van der Waals surface area contributed by atoms with Crippen molar-refractivity contribution in [1.82, 2.24) is 24.6 Å². The first kappa shape index (κ1) is 20.1. The van der Waals surface area contributed by atoms with E-state index in [1.165, 1.54) is 0 Å². The summed E-state index contributed by atoms with van der Waals surface area (Å²) in [4.78, 5) is 23.6. The molecule has 30 heavy (non-hydrogen) atoms. The van der Waals surface area contributed by atoms with Crippen molar-refractivity contribution in [2.45, 2.75) is 13.0 Å². The predicted octanol–water partition coefficient (Wildman–Crippen LogP) is 2.68. The molecular formula is C23H28N6O. The molecule has 0 bridgehead atoms. The Morgan fingerprint density at radius 2 is 1.83 bits per heavy atom. The number of aromatic nitrogens is 3. The van der Waals surface area contributed by atoms with Crippen LogP contribution >= 0.6 is 0 Å². The van der Waals surface area contributed by atoms with Crippen LogP contribution in [0.4, 0.5) is 5.82 Å². The van der Waals surface area contributed by atoms with Gasteiger partial charge in [0.05, 0.1) is 16.9 Å². The van der Waals surface area contributed by atoms with Gasteiger partial charge in [-0.3, -0.25) is 9.69 Å². The van der Waals surface area contributed by atoms with Crippen molar-refractivity contribution in [3.05, 3.63) is 72.2 Å². The smallest absolute Gasteiger partial charge is 0.255 e. The maximum absolute atomic E-state index is 12.9. The second-order valence-corrected chi connectivity index (χ2v) is 7.79. The van der Waals surface area contributed by atoms with Gasteiger partial charge in [-0.15, -0.1) is 0 Å². The van der Waals surface area contributed by atoms with Gasteiger partial charge in [0.2, 0.25) is 0 Å². The van der Waals surface area contributed by atoms with Crippen LogP contribution in [0, 0.1) is 0 Å². The van der Waals surface area contributed by atoms with Crippen molar-refractivity contribution in [1.29, 1.82) is 0 Å². The number of carbonyl (C=O) groups is 1. The van der Waals surface area contributed by atoms with Crippen LogP contribution in [0.15, 0.2) is 60.9 Å². The second kappa shape index (κ2) is 9.09. The molecule has 1 aliphatic heterocycles. The van der Waals surface area contributed by atoms with Gasteiger partial charge in [0.15, 0.2) is 0 Å². The lowest BCUT2D eigenvalue weighted by molar-refractivity contribution is 0.0760. The molecule has 2 aromatic heterocycles. The number of benzene rings is 1. The molecule has 0 atom stereocenters. The molecule has 1 amide bonds. The van der Waals surface area contributed by atoms with E-state index in [-0.39, 0.29) is 5.91 Å². The molecule has 156 valence electrons. The summed E-state index contributed by atoms with van der Waals surface area (Å²) in [5.74, 6) is 0.910. The summed E-state index contributed by atoms with van der Waals surface area (Å²) in [5.41, 5.74) is 2.87. The lowest BCUT2D eigenvalue weighted by Gasteiger charge is -2.22. The molecule has 3 aromatic rings. The van der Waals surface area contributed by atoms with Gasteiger partial charge < -0.3 is 9.80 Å². The summed E-state index contributed by atoms with van der Waals surface area (Å²) in [5, 5.41) is 4.49. The lowest BCUT2D eigenvalue weighted by Crippen LogP contribution is -2.35. The van der Waals surface area contributed by atoms with Crippen molar-refractivity contribution in [3.8, 4) is 5.69 Å². The fraction of sp³-hybridized carbons (Fsp3) is 0.348. The second-order valence-electron chi connectivity index (χ2n) is 7.79. The Hall–Kier alpha value is -3.19. The Kier molecular flexibility index (Phi) is 6.09. The number of pyridine rings is 1. The van der Waals surface area contributed by atoms with E-state index in [4.69, 9.17) is 0 Å². The van der Waals surface area contributed by atoms with Gasteiger partial charge in [-0.1, -0.05) is 18.2 Å². The fourth-order valence-electron chi connectivity index (χ4n) is 3.77. The molecule has 7 heteroatoms.